The van der Waals surface area contributed by atoms with Crippen molar-refractivity contribution in [3.8, 4) is 17.2 Å². The minimum absolute atomic E-state index is 0. The predicted octanol–water partition coefficient (Wildman–Crippen LogP) is 3.51. The Kier molecular flexibility index (Phi) is 13.6. The number of benzene rings is 4. The van der Waals surface area contributed by atoms with Crippen molar-refractivity contribution in [2.24, 2.45) is 9.98 Å². The second-order valence-electron chi connectivity index (χ2n) is 6.74. The molecule has 0 atom stereocenters. The molecule has 36 heavy (non-hydrogen) atoms. The molecule has 0 aliphatic heterocycles. The topological polar surface area (TPSA) is 131 Å². The zero-order valence-electron chi connectivity index (χ0n) is 19.3. The van der Waals surface area contributed by atoms with E-state index in [0.29, 0.717) is 28.8 Å². The maximum atomic E-state index is 11.7. The molecule has 0 aromatic heterocycles. The molecular weight excluding hydrogens is 499 g/mol. The van der Waals surface area contributed by atoms with E-state index in [1.807, 2.05) is 12.1 Å². The fourth-order valence-corrected chi connectivity index (χ4v) is 2.71. The Bertz CT molecular complexity index is 1220. The van der Waals surface area contributed by atoms with Crippen LogP contribution in [0.4, 0.5) is 11.4 Å². The number of rotatable bonds is 5. The van der Waals surface area contributed by atoms with Gasteiger partial charge in [-0.05, 0) is 23.3 Å². The molecule has 0 fully saturated rings. The van der Waals surface area contributed by atoms with Crippen LogP contribution < -0.4 is 15.3 Å². The second-order valence-corrected chi connectivity index (χ2v) is 6.74. The number of carbonyl (C=O) groups excluding carboxylic acids is 1. The molecule has 4 rings (SSSR count). The van der Waals surface area contributed by atoms with Crippen LogP contribution in [0.2, 0.25) is 0 Å². The quantitative estimate of drug-likeness (QED) is 0.243. The van der Waals surface area contributed by atoms with Gasteiger partial charge < -0.3 is 20.4 Å². The Labute approximate surface area is 220 Å². The number of aliphatic hydroxyl groups is 1. The standard InChI is InChI=1S/C20H16N2O2.C7H6O2.CH4O.Mn/c23-19-11-5-1-7-15(19)13-21-17-9-3-4-10-18(17)22-14-16-8-2-6-12-20(16)24;8-5-6-3-1-2-4-7(6)9;1-2;/h1-14,23-24H;1-5,9H;2H,1H3;/q;;;+3/p-3. The zero-order valence-corrected chi connectivity index (χ0v) is 20.5. The Hall–Kier alpha value is -4.23. The van der Waals surface area contributed by atoms with Crippen LogP contribution in [0.5, 0.6) is 17.2 Å². The van der Waals surface area contributed by atoms with Crippen molar-refractivity contribution in [2.75, 3.05) is 7.11 Å². The van der Waals surface area contributed by atoms with E-state index in [4.69, 9.17) is 5.11 Å². The third-order valence-electron chi connectivity index (χ3n) is 4.45. The van der Waals surface area contributed by atoms with E-state index in [-0.39, 0.29) is 39.9 Å². The molecule has 0 bridgehead atoms. The summed E-state index contributed by atoms with van der Waals surface area (Å²) in [6, 6.07) is 26.8. The summed E-state index contributed by atoms with van der Waals surface area (Å²) >= 11 is 0. The minimum Gasteiger partial charge on any atom is -0.872 e. The zero-order chi connectivity index (χ0) is 25.5. The molecule has 8 heteroatoms. The van der Waals surface area contributed by atoms with Gasteiger partial charge in [0.05, 0.1) is 11.4 Å². The maximum Gasteiger partial charge on any atom is 3.00 e. The summed E-state index contributed by atoms with van der Waals surface area (Å²) in [5, 5.41) is 41.1. The van der Waals surface area contributed by atoms with Crippen LogP contribution in [0.3, 0.4) is 0 Å². The van der Waals surface area contributed by atoms with Crippen LogP contribution in [0, 0.1) is 0 Å². The van der Waals surface area contributed by atoms with Gasteiger partial charge in [-0.25, -0.2) is 0 Å². The van der Waals surface area contributed by atoms with Crippen LogP contribution >= 0.6 is 0 Å². The van der Waals surface area contributed by atoms with Gasteiger partial charge in [-0.2, -0.15) is 0 Å². The smallest absolute Gasteiger partial charge is 0.872 e. The van der Waals surface area contributed by atoms with Gasteiger partial charge in [-0.1, -0.05) is 90.7 Å². The molecule has 0 radical (unpaired) electrons. The van der Waals surface area contributed by atoms with Gasteiger partial charge in [0.1, 0.15) is 6.29 Å². The first kappa shape index (κ1) is 29.8. The molecule has 7 nitrogen and oxygen atoms in total. The van der Waals surface area contributed by atoms with Crippen LogP contribution in [0.1, 0.15) is 21.5 Å². The van der Waals surface area contributed by atoms with E-state index in [2.05, 4.69) is 9.98 Å². The Morgan fingerprint density at radius 2 is 0.861 bits per heavy atom. The van der Waals surface area contributed by atoms with E-state index in [1.165, 1.54) is 36.7 Å². The summed E-state index contributed by atoms with van der Waals surface area (Å²) in [5.74, 6) is -0.377. The van der Waals surface area contributed by atoms with Crippen molar-refractivity contribution in [1.82, 2.24) is 0 Å². The number of aliphatic hydroxyl groups excluding tert-OH is 1. The molecule has 0 aliphatic carbocycles. The van der Waals surface area contributed by atoms with Gasteiger partial charge in [0.15, 0.2) is 0 Å². The van der Waals surface area contributed by atoms with Crippen molar-refractivity contribution in [3.05, 3.63) is 114 Å². The molecule has 4 aromatic carbocycles. The normalized spacial score (nSPS) is 9.94. The van der Waals surface area contributed by atoms with Crippen molar-refractivity contribution in [3.63, 3.8) is 0 Å². The van der Waals surface area contributed by atoms with E-state index in [1.54, 1.807) is 60.7 Å². The van der Waals surface area contributed by atoms with Crippen molar-refractivity contribution >= 4 is 30.1 Å². The molecule has 0 saturated heterocycles. The van der Waals surface area contributed by atoms with E-state index in [0.717, 1.165) is 7.11 Å². The van der Waals surface area contributed by atoms with Gasteiger partial charge in [-0.3, -0.25) is 14.8 Å². The van der Waals surface area contributed by atoms with Crippen LogP contribution in [0.25, 0.3) is 0 Å². The summed E-state index contributed by atoms with van der Waals surface area (Å²) in [4.78, 5) is 18.7. The van der Waals surface area contributed by atoms with E-state index >= 15 is 0 Å². The average molecular weight is 522 g/mol. The van der Waals surface area contributed by atoms with Crippen LogP contribution in [-0.2, 0) is 17.1 Å². The maximum absolute atomic E-state index is 11.7. The Balaban J connectivity index is 0.000000455. The molecule has 0 aliphatic rings. The summed E-state index contributed by atoms with van der Waals surface area (Å²) in [6.07, 6.45) is 3.61. The average Bonchev–Trinajstić information content (AvgIpc) is 2.90. The van der Waals surface area contributed by atoms with Crippen molar-refractivity contribution < 1.29 is 42.3 Å². The van der Waals surface area contributed by atoms with Crippen molar-refractivity contribution in [1.29, 1.82) is 0 Å². The molecule has 0 saturated carbocycles. The third-order valence-corrected chi connectivity index (χ3v) is 4.45. The fourth-order valence-electron chi connectivity index (χ4n) is 2.71. The number of nitrogens with zero attached hydrogens (tertiary/aromatic N) is 2. The minimum atomic E-state index is -0.215. The van der Waals surface area contributed by atoms with Gasteiger partial charge in [0.2, 0.25) is 0 Å². The summed E-state index contributed by atoms with van der Waals surface area (Å²) < 4.78 is 0. The third kappa shape index (κ3) is 9.19. The van der Waals surface area contributed by atoms with Gasteiger partial charge in [-0.15, -0.1) is 11.5 Å². The fraction of sp³-hybridized carbons (Fsp3) is 0.0357. The molecule has 0 spiro atoms. The first-order valence-electron chi connectivity index (χ1n) is 10.4. The molecule has 0 heterocycles. The monoisotopic (exact) mass is 522 g/mol. The molecular formula is C28H23MnN2O5. The van der Waals surface area contributed by atoms with E-state index in [9.17, 15) is 20.1 Å². The van der Waals surface area contributed by atoms with E-state index < -0.39 is 0 Å². The molecule has 0 amide bonds. The molecule has 182 valence electrons. The van der Waals surface area contributed by atoms with Gasteiger partial charge in [0.25, 0.3) is 0 Å². The Morgan fingerprint density at radius 1 is 0.556 bits per heavy atom. The van der Waals surface area contributed by atoms with Crippen LogP contribution in [0.15, 0.2) is 107 Å². The number of para-hydroxylation sites is 5. The number of aldehydes is 1. The number of carbonyl (C=O) groups is 1. The second kappa shape index (κ2) is 16.4. The number of hydrogen-bond donors (Lipinski definition) is 1. The Morgan fingerprint density at radius 3 is 1.17 bits per heavy atom. The van der Waals surface area contributed by atoms with Gasteiger partial charge >= 0.3 is 17.1 Å². The van der Waals surface area contributed by atoms with Crippen molar-refractivity contribution in [2.45, 2.75) is 0 Å². The molecule has 4 aromatic rings. The first-order chi connectivity index (χ1) is 17.1. The summed E-state index contributed by atoms with van der Waals surface area (Å²) in [6.45, 7) is 0. The molecule has 0 unspecified atom stereocenters. The summed E-state index contributed by atoms with van der Waals surface area (Å²) in [5.41, 5.74) is 2.50. The van der Waals surface area contributed by atoms with Crippen LogP contribution in [-0.4, -0.2) is 30.9 Å². The predicted molar refractivity (Wildman–Crippen MR) is 132 cm³/mol. The largest absolute Gasteiger partial charge is 3.00 e. The SMILES string of the molecule is CO.O=Cc1ccccc1[O-].[Mn+3].[O-]c1ccccc1C=Nc1ccccc1N=Cc1ccccc1[O-]. The molecule has 1 N–H and O–H groups in total. The number of hydrogen-bond acceptors (Lipinski definition) is 7. The number of aliphatic imine (C=N–C) groups is 2. The first-order valence-corrected chi connectivity index (χ1v) is 10.4. The summed E-state index contributed by atoms with van der Waals surface area (Å²) in [7, 11) is 1.00. The van der Waals surface area contributed by atoms with Gasteiger partial charge in [0, 0.05) is 25.1 Å².